The minimum atomic E-state index is -0.383. The lowest BCUT2D eigenvalue weighted by Crippen LogP contribution is -2.55. The minimum Gasteiger partial charge on any atom is -0.349 e. The summed E-state index contributed by atoms with van der Waals surface area (Å²) in [5.74, 6) is 0.240. The fourth-order valence-electron chi connectivity index (χ4n) is 2.36. The number of carbonyl (C=O) groups is 1. The number of hydrogen-bond donors (Lipinski definition) is 2. The standard InChI is InChI=1S/C19H27N3OS/c1-5-14-6-8-15(9-7-14)18-21-16(11-24-18)10-17(23)22-19(4,12-20)13(2)3/h6-9,11,13H,5,10,12,20H2,1-4H3,(H,22,23). The Labute approximate surface area is 148 Å². The molecule has 4 nitrogen and oxygen atoms in total. The maximum atomic E-state index is 12.3. The second-order valence-corrected chi connectivity index (χ2v) is 7.55. The van der Waals surface area contributed by atoms with Crippen LogP contribution in [0.5, 0.6) is 0 Å². The van der Waals surface area contributed by atoms with Crippen molar-refractivity contribution in [1.82, 2.24) is 10.3 Å². The van der Waals surface area contributed by atoms with Crippen molar-refractivity contribution < 1.29 is 4.79 Å². The Hall–Kier alpha value is -1.72. The lowest BCUT2D eigenvalue weighted by atomic mass is 9.88. The van der Waals surface area contributed by atoms with Crippen LogP contribution in [0.2, 0.25) is 0 Å². The van der Waals surface area contributed by atoms with E-state index in [1.807, 2.05) is 12.3 Å². The molecule has 3 N–H and O–H groups in total. The molecule has 2 aromatic rings. The van der Waals surface area contributed by atoms with Crippen molar-refractivity contribution >= 4 is 17.2 Å². The van der Waals surface area contributed by atoms with E-state index >= 15 is 0 Å². The molecule has 0 aliphatic carbocycles. The molecule has 0 fully saturated rings. The average Bonchev–Trinajstić information content (AvgIpc) is 3.02. The number of rotatable bonds is 7. The molecule has 0 saturated heterocycles. The molecule has 0 bridgehead atoms. The zero-order chi connectivity index (χ0) is 17.7. The van der Waals surface area contributed by atoms with Crippen LogP contribution in [0.15, 0.2) is 29.6 Å². The largest absolute Gasteiger partial charge is 0.349 e. The Balaban J connectivity index is 2.04. The number of amides is 1. The Bertz CT molecular complexity index is 678. The Morgan fingerprint density at radius 3 is 2.54 bits per heavy atom. The van der Waals surface area contributed by atoms with Crippen LogP contribution < -0.4 is 11.1 Å². The summed E-state index contributed by atoms with van der Waals surface area (Å²) >= 11 is 1.57. The first kappa shape index (κ1) is 18.6. The molecular weight excluding hydrogens is 318 g/mol. The first-order valence-corrected chi connectivity index (χ1v) is 9.30. The van der Waals surface area contributed by atoms with Gasteiger partial charge < -0.3 is 11.1 Å². The molecule has 1 atom stereocenters. The molecule has 1 unspecified atom stereocenters. The highest BCUT2D eigenvalue weighted by atomic mass is 32.1. The van der Waals surface area contributed by atoms with Crippen LogP contribution in [-0.4, -0.2) is 23.0 Å². The SMILES string of the molecule is CCc1ccc(-c2nc(CC(=O)NC(C)(CN)C(C)C)cs2)cc1. The summed E-state index contributed by atoms with van der Waals surface area (Å²) in [7, 11) is 0. The molecule has 0 saturated carbocycles. The predicted octanol–water partition coefficient (Wildman–Crippen LogP) is 3.40. The summed E-state index contributed by atoms with van der Waals surface area (Å²) in [5, 5.41) is 5.96. The van der Waals surface area contributed by atoms with Crippen LogP contribution in [-0.2, 0) is 17.6 Å². The number of thiazole rings is 1. The molecule has 24 heavy (non-hydrogen) atoms. The van der Waals surface area contributed by atoms with Gasteiger partial charge in [0.15, 0.2) is 0 Å². The molecule has 1 aromatic carbocycles. The summed E-state index contributed by atoms with van der Waals surface area (Å²) in [6, 6.07) is 8.43. The quantitative estimate of drug-likeness (QED) is 0.808. The molecule has 2 rings (SSSR count). The van der Waals surface area contributed by atoms with Gasteiger partial charge in [0.05, 0.1) is 17.7 Å². The lowest BCUT2D eigenvalue weighted by Gasteiger charge is -2.33. The number of nitrogens with one attached hydrogen (secondary N) is 1. The predicted molar refractivity (Wildman–Crippen MR) is 101 cm³/mol. The van der Waals surface area contributed by atoms with E-state index in [0.717, 1.165) is 22.7 Å². The summed E-state index contributed by atoms with van der Waals surface area (Å²) in [4.78, 5) is 16.9. The highest BCUT2D eigenvalue weighted by Gasteiger charge is 2.28. The van der Waals surface area contributed by atoms with Gasteiger partial charge in [-0.05, 0) is 24.8 Å². The van der Waals surface area contributed by atoms with E-state index in [1.165, 1.54) is 5.56 Å². The minimum absolute atomic E-state index is 0.0326. The molecule has 0 radical (unpaired) electrons. The molecule has 1 heterocycles. The van der Waals surface area contributed by atoms with E-state index in [2.05, 4.69) is 55.3 Å². The van der Waals surface area contributed by atoms with Gasteiger partial charge >= 0.3 is 0 Å². The fourth-order valence-corrected chi connectivity index (χ4v) is 3.19. The Morgan fingerprint density at radius 1 is 1.33 bits per heavy atom. The number of benzene rings is 1. The second-order valence-electron chi connectivity index (χ2n) is 6.70. The van der Waals surface area contributed by atoms with Crippen molar-refractivity contribution in [3.05, 3.63) is 40.9 Å². The maximum absolute atomic E-state index is 12.3. The van der Waals surface area contributed by atoms with Crippen LogP contribution in [0.4, 0.5) is 0 Å². The normalized spacial score (nSPS) is 13.8. The molecule has 0 spiro atoms. The number of nitrogens with two attached hydrogens (primary N) is 1. The number of aryl methyl sites for hydroxylation is 1. The van der Waals surface area contributed by atoms with Gasteiger partial charge in [-0.3, -0.25) is 4.79 Å². The molecule has 5 heteroatoms. The van der Waals surface area contributed by atoms with Gasteiger partial charge in [-0.25, -0.2) is 4.98 Å². The topological polar surface area (TPSA) is 68.0 Å². The third kappa shape index (κ3) is 4.42. The van der Waals surface area contributed by atoms with Crippen LogP contribution in [0, 0.1) is 5.92 Å². The van der Waals surface area contributed by atoms with E-state index in [0.29, 0.717) is 6.54 Å². The van der Waals surface area contributed by atoms with Gasteiger partial charge in [0, 0.05) is 17.5 Å². The van der Waals surface area contributed by atoms with Gasteiger partial charge in [-0.1, -0.05) is 45.0 Å². The monoisotopic (exact) mass is 345 g/mol. The van der Waals surface area contributed by atoms with Crippen molar-refractivity contribution in [2.75, 3.05) is 6.54 Å². The van der Waals surface area contributed by atoms with Gasteiger partial charge in [-0.2, -0.15) is 0 Å². The van der Waals surface area contributed by atoms with Crippen LogP contribution in [0.25, 0.3) is 10.6 Å². The lowest BCUT2D eigenvalue weighted by molar-refractivity contribution is -0.122. The maximum Gasteiger partial charge on any atom is 0.226 e. The number of nitrogens with zero attached hydrogens (tertiary/aromatic N) is 1. The van der Waals surface area contributed by atoms with Crippen LogP contribution in [0.3, 0.4) is 0 Å². The van der Waals surface area contributed by atoms with Crippen molar-refractivity contribution in [2.45, 2.75) is 46.1 Å². The average molecular weight is 346 g/mol. The smallest absolute Gasteiger partial charge is 0.226 e. The van der Waals surface area contributed by atoms with Gasteiger partial charge in [-0.15, -0.1) is 11.3 Å². The summed E-state index contributed by atoms with van der Waals surface area (Å²) in [6.45, 7) is 8.67. The third-order valence-electron chi connectivity index (χ3n) is 4.63. The van der Waals surface area contributed by atoms with E-state index in [1.54, 1.807) is 11.3 Å². The molecule has 130 valence electrons. The van der Waals surface area contributed by atoms with E-state index in [4.69, 9.17) is 5.73 Å². The molecule has 0 aliphatic rings. The van der Waals surface area contributed by atoms with Crippen molar-refractivity contribution in [2.24, 2.45) is 11.7 Å². The zero-order valence-corrected chi connectivity index (χ0v) is 15.7. The number of carbonyl (C=O) groups excluding carboxylic acids is 1. The summed E-state index contributed by atoms with van der Waals surface area (Å²) in [6.07, 6.45) is 1.31. The molecule has 0 aliphatic heterocycles. The van der Waals surface area contributed by atoms with Gasteiger partial charge in [0.25, 0.3) is 0 Å². The second kappa shape index (κ2) is 7.90. The first-order valence-electron chi connectivity index (χ1n) is 8.42. The first-order chi connectivity index (χ1) is 11.4. The fraction of sp³-hybridized carbons (Fsp3) is 0.474. The van der Waals surface area contributed by atoms with Crippen molar-refractivity contribution in [3.8, 4) is 10.6 Å². The number of aromatic nitrogens is 1. The van der Waals surface area contributed by atoms with Crippen LogP contribution >= 0.6 is 11.3 Å². The highest BCUT2D eigenvalue weighted by molar-refractivity contribution is 7.13. The highest BCUT2D eigenvalue weighted by Crippen LogP contribution is 2.24. The molecule has 1 aromatic heterocycles. The van der Waals surface area contributed by atoms with E-state index < -0.39 is 0 Å². The summed E-state index contributed by atoms with van der Waals surface area (Å²) in [5.41, 5.74) is 8.65. The molecule has 1 amide bonds. The summed E-state index contributed by atoms with van der Waals surface area (Å²) < 4.78 is 0. The Morgan fingerprint density at radius 2 is 2.00 bits per heavy atom. The Kier molecular flexibility index (Phi) is 6.13. The molecular formula is C19H27N3OS. The van der Waals surface area contributed by atoms with Crippen LogP contribution in [0.1, 0.15) is 39.0 Å². The van der Waals surface area contributed by atoms with Gasteiger partial charge in [0.1, 0.15) is 5.01 Å². The third-order valence-corrected chi connectivity index (χ3v) is 5.57. The van der Waals surface area contributed by atoms with E-state index in [9.17, 15) is 4.79 Å². The van der Waals surface area contributed by atoms with Crippen molar-refractivity contribution in [1.29, 1.82) is 0 Å². The van der Waals surface area contributed by atoms with Gasteiger partial charge in [0.2, 0.25) is 5.91 Å². The van der Waals surface area contributed by atoms with E-state index in [-0.39, 0.29) is 23.8 Å². The zero-order valence-electron chi connectivity index (χ0n) is 14.9. The number of hydrogen-bond acceptors (Lipinski definition) is 4. The van der Waals surface area contributed by atoms with Crippen molar-refractivity contribution in [3.63, 3.8) is 0 Å².